The molecule has 0 fully saturated rings. The monoisotopic (exact) mass is 296 g/mol. The summed E-state index contributed by atoms with van der Waals surface area (Å²) in [5, 5.41) is 0.517. The molecule has 0 aromatic carbocycles. The van der Waals surface area contributed by atoms with Gasteiger partial charge in [-0.2, -0.15) is 4.37 Å². The zero-order chi connectivity index (χ0) is 13.8. The molecule has 0 spiro atoms. The van der Waals surface area contributed by atoms with Gasteiger partial charge in [-0.25, -0.2) is 14.8 Å². The number of hydrogen-bond donors (Lipinski definition) is 1. The van der Waals surface area contributed by atoms with Crippen molar-refractivity contribution in [3.05, 3.63) is 23.7 Å². The number of carbonyl (C=O) groups is 1. The first-order valence-electron chi connectivity index (χ1n) is 5.51. The molecule has 19 heavy (non-hydrogen) atoms. The fraction of sp³-hybridized carbons (Fsp3) is 0.273. The van der Waals surface area contributed by atoms with Gasteiger partial charge >= 0.3 is 5.97 Å². The number of aryl methyl sites for hydroxylation is 1. The molecule has 0 aliphatic heterocycles. The van der Waals surface area contributed by atoms with Crippen molar-refractivity contribution >= 4 is 35.0 Å². The second-order valence-electron chi connectivity index (χ2n) is 3.55. The first-order chi connectivity index (χ1) is 9.10. The fourth-order valence-corrected chi connectivity index (χ4v) is 2.93. The number of anilines is 1. The van der Waals surface area contributed by atoms with Gasteiger partial charge in [0.2, 0.25) is 0 Å². The second kappa shape index (κ2) is 5.98. The molecule has 100 valence electrons. The Labute approximate surface area is 118 Å². The second-order valence-corrected chi connectivity index (χ2v) is 5.54. The van der Waals surface area contributed by atoms with Crippen LogP contribution in [0.1, 0.15) is 23.1 Å². The van der Waals surface area contributed by atoms with Gasteiger partial charge in [-0.05, 0) is 43.2 Å². The standard InChI is InChI=1S/C11H12N4O2S2/c1-3-17-10(16)8-4-7(12)5-13-9(8)18-11-14-6(2)15-19-11/h4-5H,3,12H2,1-2H3. The number of aromatic nitrogens is 3. The minimum atomic E-state index is -0.439. The average molecular weight is 296 g/mol. The Morgan fingerprint density at radius 1 is 1.58 bits per heavy atom. The van der Waals surface area contributed by atoms with E-state index in [0.717, 1.165) is 4.34 Å². The van der Waals surface area contributed by atoms with Gasteiger partial charge in [0.25, 0.3) is 0 Å². The maximum Gasteiger partial charge on any atom is 0.340 e. The van der Waals surface area contributed by atoms with Crippen molar-refractivity contribution < 1.29 is 9.53 Å². The van der Waals surface area contributed by atoms with Gasteiger partial charge in [0, 0.05) is 0 Å². The number of ether oxygens (including phenoxy) is 1. The molecule has 0 bridgehead atoms. The van der Waals surface area contributed by atoms with E-state index in [-0.39, 0.29) is 0 Å². The summed E-state index contributed by atoms with van der Waals surface area (Å²) in [5.74, 6) is 0.256. The Balaban J connectivity index is 2.31. The molecule has 0 atom stereocenters. The molecule has 2 N–H and O–H groups in total. The number of carbonyl (C=O) groups excluding carboxylic acids is 1. The molecule has 0 aliphatic rings. The molecule has 6 nitrogen and oxygen atoms in total. The fourth-order valence-electron chi connectivity index (χ4n) is 1.31. The van der Waals surface area contributed by atoms with Gasteiger partial charge in [0.05, 0.1) is 24.1 Å². The van der Waals surface area contributed by atoms with E-state index in [1.807, 2.05) is 6.92 Å². The molecule has 0 unspecified atom stereocenters. The summed E-state index contributed by atoms with van der Waals surface area (Å²) in [6.45, 7) is 3.86. The Morgan fingerprint density at radius 2 is 2.37 bits per heavy atom. The van der Waals surface area contributed by atoms with Crippen molar-refractivity contribution in [2.75, 3.05) is 12.3 Å². The van der Waals surface area contributed by atoms with Crippen LogP contribution in [0, 0.1) is 6.92 Å². The van der Waals surface area contributed by atoms with Crippen molar-refractivity contribution in [3.8, 4) is 0 Å². The summed E-state index contributed by atoms with van der Waals surface area (Å²) >= 11 is 2.54. The van der Waals surface area contributed by atoms with Crippen LogP contribution in [-0.2, 0) is 4.74 Å². The maximum absolute atomic E-state index is 11.8. The SMILES string of the molecule is CCOC(=O)c1cc(N)cnc1Sc1nc(C)ns1. The molecular weight excluding hydrogens is 284 g/mol. The van der Waals surface area contributed by atoms with E-state index >= 15 is 0 Å². The molecule has 8 heteroatoms. The third-order valence-electron chi connectivity index (χ3n) is 2.06. The summed E-state index contributed by atoms with van der Waals surface area (Å²) < 4.78 is 9.79. The van der Waals surface area contributed by atoms with Gasteiger partial charge in [0.1, 0.15) is 10.9 Å². The normalized spacial score (nSPS) is 10.4. The topological polar surface area (TPSA) is 91.0 Å². The molecule has 0 saturated carbocycles. The van der Waals surface area contributed by atoms with E-state index in [1.54, 1.807) is 13.0 Å². The first-order valence-corrected chi connectivity index (χ1v) is 7.10. The van der Waals surface area contributed by atoms with Crippen molar-refractivity contribution in [1.29, 1.82) is 0 Å². The summed E-state index contributed by atoms with van der Waals surface area (Å²) in [6.07, 6.45) is 1.50. The van der Waals surface area contributed by atoms with Gasteiger partial charge in [0.15, 0.2) is 4.34 Å². The number of nitrogen functional groups attached to an aromatic ring is 1. The van der Waals surface area contributed by atoms with E-state index in [4.69, 9.17) is 10.5 Å². The lowest BCUT2D eigenvalue weighted by Crippen LogP contribution is -2.08. The molecular formula is C11H12N4O2S2. The predicted octanol–water partition coefficient (Wildman–Crippen LogP) is 2.15. The Bertz CT molecular complexity index is 600. The third kappa shape index (κ3) is 3.42. The van der Waals surface area contributed by atoms with E-state index in [1.165, 1.54) is 29.5 Å². The van der Waals surface area contributed by atoms with Crippen molar-refractivity contribution in [1.82, 2.24) is 14.3 Å². The van der Waals surface area contributed by atoms with Crippen LogP contribution >= 0.6 is 23.3 Å². The summed E-state index contributed by atoms with van der Waals surface area (Å²) in [7, 11) is 0. The van der Waals surface area contributed by atoms with Gasteiger partial charge < -0.3 is 10.5 Å². The minimum absolute atomic E-state index is 0.301. The van der Waals surface area contributed by atoms with Gasteiger partial charge in [-0.1, -0.05) is 0 Å². The lowest BCUT2D eigenvalue weighted by Gasteiger charge is -2.06. The highest BCUT2D eigenvalue weighted by atomic mass is 32.2. The number of nitrogens with zero attached hydrogens (tertiary/aromatic N) is 3. The molecule has 2 aromatic heterocycles. The lowest BCUT2D eigenvalue weighted by molar-refractivity contribution is 0.0521. The van der Waals surface area contributed by atoms with E-state index in [9.17, 15) is 4.79 Å². The summed E-state index contributed by atoms with van der Waals surface area (Å²) in [4.78, 5) is 20.2. The van der Waals surface area contributed by atoms with Crippen LogP contribution in [0.5, 0.6) is 0 Å². The molecule has 0 amide bonds. The number of nitrogens with two attached hydrogens (primary N) is 1. The highest BCUT2D eigenvalue weighted by Gasteiger charge is 2.17. The predicted molar refractivity (Wildman–Crippen MR) is 73.4 cm³/mol. The molecule has 2 aromatic rings. The lowest BCUT2D eigenvalue weighted by atomic mass is 10.3. The number of rotatable bonds is 4. The number of esters is 1. The highest BCUT2D eigenvalue weighted by Crippen LogP contribution is 2.31. The van der Waals surface area contributed by atoms with E-state index in [2.05, 4.69) is 14.3 Å². The van der Waals surface area contributed by atoms with Crippen LogP contribution in [0.25, 0.3) is 0 Å². The van der Waals surface area contributed by atoms with Crippen molar-refractivity contribution in [2.45, 2.75) is 23.2 Å². The summed E-state index contributed by atoms with van der Waals surface area (Å²) in [6, 6.07) is 1.56. The number of pyridine rings is 1. The van der Waals surface area contributed by atoms with Crippen molar-refractivity contribution in [3.63, 3.8) is 0 Å². The zero-order valence-electron chi connectivity index (χ0n) is 10.4. The van der Waals surface area contributed by atoms with Crippen LogP contribution in [0.4, 0.5) is 5.69 Å². The highest BCUT2D eigenvalue weighted by molar-refractivity contribution is 8.01. The Kier molecular flexibility index (Phi) is 4.33. The Morgan fingerprint density at radius 3 is 3.00 bits per heavy atom. The smallest absolute Gasteiger partial charge is 0.340 e. The van der Waals surface area contributed by atoms with Crippen molar-refractivity contribution in [2.24, 2.45) is 0 Å². The zero-order valence-corrected chi connectivity index (χ0v) is 12.0. The molecule has 0 aliphatic carbocycles. The molecule has 2 heterocycles. The van der Waals surface area contributed by atoms with E-state index < -0.39 is 5.97 Å². The van der Waals surface area contributed by atoms with Crippen LogP contribution in [0.2, 0.25) is 0 Å². The third-order valence-corrected chi connectivity index (χ3v) is 3.92. The average Bonchev–Trinajstić information content (AvgIpc) is 2.77. The molecule has 2 rings (SSSR count). The van der Waals surface area contributed by atoms with E-state index in [0.29, 0.717) is 28.7 Å². The number of hydrogen-bond acceptors (Lipinski definition) is 8. The molecule has 0 radical (unpaired) electrons. The van der Waals surface area contributed by atoms with Crippen LogP contribution in [-0.4, -0.2) is 26.9 Å². The summed E-state index contributed by atoms with van der Waals surface area (Å²) in [5.41, 5.74) is 6.42. The van der Waals surface area contributed by atoms with Crippen LogP contribution in [0.15, 0.2) is 21.6 Å². The Hall–Kier alpha value is -1.67. The van der Waals surface area contributed by atoms with Crippen LogP contribution in [0.3, 0.4) is 0 Å². The largest absolute Gasteiger partial charge is 0.462 e. The van der Waals surface area contributed by atoms with Gasteiger partial charge in [-0.3, -0.25) is 0 Å². The molecule has 0 saturated heterocycles. The first kappa shape index (κ1) is 13.8. The van der Waals surface area contributed by atoms with Gasteiger partial charge in [-0.15, -0.1) is 0 Å². The maximum atomic E-state index is 11.8. The minimum Gasteiger partial charge on any atom is -0.462 e. The van der Waals surface area contributed by atoms with Crippen LogP contribution < -0.4 is 5.73 Å². The quantitative estimate of drug-likeness (QED) is 0.864.